The maximum atomic E-state index is 13.2. The fourth-order valence-corrected chi connectivity index (χ4v) is 4.62. The monoisotopic (exact) mass is 424 g/mol. The molecule has 154 valence electrons. The highest BCUT2D eigenvalue weighted by atomic mass is 35.5. The Balaban J connectivity index is 2.14. The van der Waals surface area contributed by atoms with Gasteiger partial charge in [0.05, 0.1) is 27.0 Å². The normalized spacial score (nSPS) is 20.4. The van der Waals surface area contributed by atoms with Gasteiger partial charge < -0.3 is 4.90 Å². The molecule has 1 aliphatic heterocycles. The van der Waals surface area contributed by atoms with Gasteiger partial charge in [0.2, 0.25) is 0 Å². The fourth-order valence-electron chi connectivity index (χ4n) is 4.30. The Hall–Kier alpha value is -1.14. The van der Waals surface area contributed by atoms with Gasteiger partial charge in [0.15, 0.2) is 0 Å². The number of rotatable bonds is 5. The summed E-state index contributed by atoms with van der Waals surface area (Å²) in [7, 11) is 2.18. The summed E-state index contributed by atoms with van der Waals surface area (Å²) in [6.45, 7) is 11.2. The summed E-state index contributed by atoms with van der Waals surface area (Å²) in [5, 5.41) is 1.34. The number of benzene rings is 1. The predicted molar refractivity (Wildman–Crippen MR) is 118 cm³/mol. The second-order valence-corrected chi connectivity index (χ2v) is 8.78. The summed E-state index contributed by atoms with van der Waals surface area (Å²) in [5.74, 6) is 1.42. The molecular weight excluding hydrogens is 395 g/mol. The van der Waals surface area contributed by atoms with Crippen LogP contribution < -0.4 is 5.56 Å². The lowest BCUT2D eigenvalue weighted by atomic mass is 10.1. The number of fused-ring (bicyclic) bond motifs is 1. The first-order valence-electron chi connectivity index (χ1n) is 10.2. The van der Waals surface area contributed by atoms with Crippen molar-refractivity contribution in [2.45, 2.75) is 46.2 Å². The third-order valence-electron chi connectivity index (χ3n) is 5.58. The van der Waals surface area contributed by atoms with Crippen molar-refractivity contribution < 1.29 is 0 Å². The zero-order valence-corrected chi connectivity index (χ0v) is 18.7. The summed E-state index contributed by atoms with van der Waals surface area (Å²) in [6.07, 6.45) is 2.00. The summed E-state index contributed by atoms with van der Waals surface area (Å²) in [5.41, 5.74) is 0.586. The van der Waals surface area contributed by atoms with Crippen molar-refractivity contribution in [1.29, 1.82) is 0 Å². The third kappa shape index (κ3) is 4.38. The number of likely N-dealkylation sites (N-methyl/N-ethyl adjacent to an activating group) is 1. The van der Waals surface area contributed by atoms with Crippen LogP contribution in [0.5, 0.6) is 0 Å². The Morgan fingerprint density at radius 2 is 1.89 bits per heavy atom. The predicted octanol–water partition coefficient (Wildman–Crippen LogP) is 4.45. The van der Waals surface area contributed by atoms with Crippen LogP contribution in [0.1, 0.15) is 45.5 Å². The van der Waals surface area contributed by atoms with E-state index in [0.29, 0.717) is 33.4 Å². The molecule has 7 heteroatoms. The molecule has 0 spiro atoms. The Morgan fingerprint density at radius 1 is 1.18 bits per heavy atom. The maximum absolute atomic E-state index is 13.2. The van der Waals surface area contributed by atoms with Crippen LogP contribution in [0.3, 0.4) is 0 Å². The second kappa shape index (κ2) is 9.12. The van der Waals surface area contributed by atoms with Gasteiger partial charge in [-0.25, -0.2) is 4.98 Å². The van der Waals surface area contributed by atoms with Gasteiger partial charge in [-0.05, 0) is 38.4 Å². The van der Waals surface area contributed by atoms with Crippen LogP contribution in [-0.4, -0.2) is 52.6 Å². The number of aromatic nitrogens is 2. The van der Waals surface area contributed by atoms with E-state index in [9.17, 15) is 4.79 Å². The van der Waals surface area contributed by atoms with Gasteiger partial charge in [-0.3, -0.25) is 14.3 Å². The van der Waals surface area contributed by atoms with Crippen LogP contribution in [0.2, 0.25) is 10.0 Å². The topological polar surface area (TPSA) is 41.4 Å². The lowest BCUT2D eigenvalue weighted by Gasteiger charge is -2.32. The van der Waals surface area contributed by atoms with E-state index in [1.807, 2.05) is 11.5 Å². The molecule has 28 heavy (non-hydrogen) atoms. The molecule has 3 rings (SSSR count). The van der Waals surface area contributed by atoms with Crippen molar-refractivity contribution in [1.82, 2.24) is 19.4 Å². The van der Waals surface area contributed by atoms with Crippen molar-refractivity contribution in [3.05, 3.63) is 38.4 Å². The molecule has 0 N–H and O–H groups in total. The van der Waals surface area contributed by atoms with Crippen LogP contribution in [0.25, 0.3) is 10.9 Å². The molecule has 0 amide bonds. The Bertz CT molecular complexity index is 898. The summed E-state index contributed by atoms with van der Waals surface area (Å²) < 4.78 is 1.81. The minimum Gasteiger partial charge on any atom is -0.305 e. The zero-order valence-electron chi connectivity index (χ0n) is 17.2. The minimum absolute atomic E-state index is 0.0397. The van der Waals surface area contributed by atoms with E-state index >= 15 is 0 Å². The van der Waals surface area contributed by atoms with Gasteiger partial charge in [0.25, 0.3) is 5.56 Å². The first-order chi connectivity index (χ1) is 13.3. The highest BCUT2D eigenvalue weighted by Gasteiger charge is 2.28. The number of hydrogen-bond donors (Lipinski definition) is 0. The first kappa shape index (κ1) is 21.6. The Kier molecular flexibility index (Phi) is 7.02. The highest BCUT2D eigenvalue weighted by Crippen LogP contribution is 2.30. The average molecular weight is 425 g/mol. The highest BCUT2D eigenvalue weighted by molar-refractivity contribution is 6.42. The van der Waals surface area contributed by atoms with E-state index in [1.54, 1.807) is 12.1 Å². The van der Waals surface area contributed by atoms with Gasteiger partial charge >= 0.3 is 0 Å². The lowest BCUT2D eigenvalue weighted by Crippen LogP contribution is -2.38. The Labute approximate surface area is 177 Å². The van der Waals surface area contributed by atoms with Crippen molar-refractivity contribution in [3.63, 3.8) is 0 Å². The lowest BCUT2D eigenvalue weighted by molar-refractivity contribution is 0.167. The van der Waals surface area contributed by atoms with Gasteiger partial charge in [-0.1, -0.05) is 43.5 Å². The standard InChI is InChI=1S/C21H30Cl2N4O/c1-5-7-19(26-9-8-25(4)12-14(3)13-26)20-24-18-11-17(23)16(22)10-15(18)21(28)27(20)6-2/h10-11,14,19H,5-9,12-13H2,1-4H3/t14-,19?/m1/s1. The Morgan fingerprint density at radius 3 is 2.57 bits per heavy atom. The molecule has 2 atom stereocenters. The van der Waals surface area contributed by atoms with Crippen LogP contribution in [0, 0.1) is 5.92 Å². The molecule has 0 aliphatic carbocycles. The molecule has 2 aromatic rings. The summed E-state index contributed by atoms with van der Waals surface area (Å²) in [4.78, 5) is 23.1. The number of halogens is 2. The molecule has 0 radical (unpaired) electrons. The smallest absolute Gasteiger partial charge is 0.261 e. The van der Waals surface area contributed by atoms with Crippen molar-refractivity contribution in [3.8, 4) is 0 Å². The minimum atomic E-state index is -0.0397. The van der Waals surface area contributed by atoms with Crippen molar-refractivity contribution >= 4 is 34.1 Å². The van der Waals surface area contributed by atoms with Crippen molar-refractivity contribution in [2.75, 3.05) is 33.2 Å². The average Bonchev–Trinajstić information content (AvgIpc) is 2.81. The molecule has 1 aromatic carbocycles. The number of hydrogen-bond acceptors (Lipinski definition) is 4. The molecule has 1 aromatic heterocycles. The quantitative estimate of drug-likeness (QED) is 0.710. The van der Waals surface area contributed by atoms with Gasteiger partial charge in [0, 0.05) is 32.7 Å². The van der Waals surface area contributed by atoms with Gasteiger partial charge in [-0.2, -0.15) is 0 Å². The van der Waals surface area contributed by atoms with E-state index < -0.39 is 0 Å². The molecule has 5 nitrogen and oxygen atoms in total. The SMILES string of the molecule is CCCC(c1nc2cc(Cl)c(Cl)cc2c(=O)n1CC)N1CCN(C)C[C@@H](C)C1. The molecule has 1 saturated heterocycles. The zero-order chi connectivity index (χ0) is 20.4. The second-order valence-electron chi connectivity index (χ2n) is 7.97. The van der Waals surface area contributed by atoms with E-state index in [4.69, 9.17) is 28.2 Å². The molecule has 0 bridgehead atoms. The van der Waals surface area contributed by atoms with Crippen molar-refractivity contribution in [2.24, 2.45) is 5.92 Å². The fraction of sp³-hybridized carbons (Fsp3) is 0.619. The molecule has 0 saturated carbocycles. The van der Waals surface area contributed by atoms with Gasteiger partial charge in [-0.15, -0.1) is 0 Å². The van der Waals surface area contributed by atoms with Gasteiger partial charge in [0.1, 0.15) is 5.82 Å². The van der Waals surface area contributed by atoms with E-state index in [0.717, 1.165) is 44.8 Å². The first-order valence-corrected chi connectivity index (χ1v) is 10.9. The molecule has 1 aliphatic rings. The summed E-state index contributed by atoms with van der Waals surface area (Å²) in [6, 6.07) is 3.47. The molecule has 1 fully saturated rings. The molecule has 1 unspecified atom stereocenters. The van der Waals surface area contributed by atoms with Crippen LogP contribution in [-0.2, 0) is 6.54 Å². The largest absolute Gasteiger partial charge is 0.305 e. The number of nitrogens with zero attached hydrogens (tertiary/aromatic N) is 4. The summed E-state index contributed by atoms with van der Waals surface area (Å²) >= 11 is 12.4. The van der Waals surface area contributed by atoms with Crippen LogP contribution in [0.4, 0.5) is 0 Å². The van der Waals surface area contributed by atoms with Crippen LogP contribution >= 0.6 is 23.2 Å². The van der Waals surface area contributed by atoms with E-state index in [2.05, 4.69) is 30.7 Å². The maximum Gasteiger partial charge on any atom is 0.261 e. The third-order valence-corrected chi connectivity index (χ3v) is 6.30. The van der Waals surface area contributed by atoms with E-state index in [1.165, 1.54) is 0 Å². The molecule has 2 heterocycles. The van der Waals surface area contributed by atoms with Crippen LogP contribution in [0.15, 0.2) is 16.9 Å². The van der Waals surface area contributed by atoms with E-state index in [-0.39, 0.29) is 11.6 Å². The molecular formula is C21H30Cl2N4O.